The first-order chi connectivity index (χ1) is 6.20. The zero-order valence-corrected chi connectivity index (χ0v) is 7.73. The van der Waals surface area contributed by atoms with Gasteiger partial charge in [-0.2, -0.15) is 0 Å². The smallest absolute Gasteiger partial charge is 0.192 e. The number of halogens is 2. The maximum absolute atomic E-state index is 13.2. The molecule has 2 rings (SSSR count). The molecule has 0 atom stereocenters. The lowest BCUT2D eigenvalue weighted by Gasteiger charge is -1.95. The fraction of sp³-hybridized carbons (Fsp3) is 0.222. The van der Waals surface area contributed by atoms with E-state index in [1.54, 1.807) is 13.0 Å². The van der Waals surface area contributed by atoms with Crippen molar-refractivity contribution >= 4 is 22.7 Å². The maximum atomic E-state index is 13.2. The first-order valence-electron chi connectivity index (χ1n) is 3.82. The fourth-order valence-corrected chi connectivity index (χ4v) is 1.41. The van der Waals surface area contributed by atoms with Crippen LogP contribution >= 0.6 is 11.6 Å². The molecule has 0 radical (unpaired) electrons. The highest BCUT2D eigenvalue weighted by molar-refractivity contribution is 6.17. The average Bonchev–Trinajstić information content (AvgIpc) is 2.42. The largest absolute Gasteiger partial charge is 0.441 e. The SMILES string of the molecule is Cc1nc2cc(CCl)c(F)cc2o1. The van der Waals surface area contributed by atoms with Crippen molar-refractivity contribution < 1.29 is 8.81 Å². The van der Waals surface area contributed by atoms with Crippen LogP contribution in [0.3, 0.4) is 0 Å². The van der Waals surface area contributed by atoms with E-state index in [0.717, 1.165) is 0 Å². The summed E-state index contributed by atoms with van der Waals surface area (Å²) in [5, 5.41) is 0. The van der Waals surface area contributed by atoms with E-state index >= 15 is 0 Å². The van der Waals surface area contributed by atoms with Crippen LogP contribution in [-0.2, 0) is 5.88 Å². The molecule has 2 nitrogen and oxygen atoms in total. The quantitative estimate of drug-likeness (QED) is 0.660. The normalized spacial score (nSPS) is 11.0. The first-order valence-corrected chi connectivity index (χ1v) is 4.35. The van der Waals surface area contributed by atoms with Crippen LogP contribution < -0.4 is 0 Å². The molecular formula is C9H7ClFNO. The van der Waals surface area contributed by atoms with Gasteiger partial charge in [0.25, 0.3) is 0 Å². The third kappa shape index (κ3) is 1.40. The third-order valence-corrected chi connectivity index (χ3v) is 2.10. The predicted octanol–water partition coefficient (Wildman–Crippen LogP) is 3.01. The number of hydrogen-bond acceptors (Lipinski definition) is 2. The van der Waals surface area contributed by atoms with Crippen LogP contribution in [0.4, 0.5) is 4.39 Å². The summed E-state index contributed by atoms with van der Waals surface area (Å²) >= 11 is 5.54. The van der Waals surface area contributed by atoms with Crippen molar-refractivity contribution in [1.29, 1.82) is 0 Å². The van der Waals surface area contributed by atoms with Gasteiger partial charge < -0.3 is 4.42 Å². The number of alkyl halides is 1. The van der Waals surface area contributed by atoms with Crippen molar-refractivity contribution in [1.82, 2.24) is 4.98 Å². The van der Waals surface area contributed by atoms with Crippen LogP contribution in [0.2, 0.25) is 0 Å². The van der Waals surface area contributed by atoms with E-state index in [1.807, 2.05) is 0 Å². The number of aryl methyl sites for hydroxylation is 1. The molecule has 0 N–H and O–H groups in total. The van der Waals surface area contributed by atoms with Gasteiger partial charge in [-0.25, -0.2) is 9.37 Å². The zero-order valence-electron chi connectivity index (χ0n) is 6.97. The number of nitrogens with zero attached hydrogens (tertiary/aromatic N) is 1. The molecule has 0 bridgehead atoms. The van der Waals surface area contributed by atoms with Gasteiger partial charge in [0.15, 0.2) is 11.5 Å². The van der Waals surface area contributed by atoms with Crippen molar-refractivity contribution in [3.05, 3.63) is 29.4 Å². The summed E-state index contributed by atoms with van der Waals surface area (Å²) in [5.41, 5.74) is 1.56. The summed E-state index contributed by atoms with van der Waals surface area (Å²) < 4.78 is 18.3. The minimum Gasteiger partial charge on any atom is -0.441 e. The van der Waals surface area contributed by atoms with Gasteiger partial charge in [-0.1, -0.05) is 0 Å². The summed E-state index contributed by atoms with van der Waals surface area (Å²) in [6.45, 7) is 1.72. The summed E-state index contributed by atoms with van der Waals surface area (Å²) in [4.78, 5) is 4.07. The summed E-state index contributed by atoms with van der Waals surface area (Å²) in [7, 11) is 0. The Morgan fingerprint density at radius 2 is 2.31 bits per heavy atom. The van der Waals surface area contributed by atoms with E-state index < -0.39 is 0 Å². The van der Waals surface area contributed by atoms with Crippen molar-refractivity contribution in [3.8, 4) is 0 Å². The van der Waals surface area contributed by atoms with Crippen molar-refractivity contribution in [3.63, 3.8) is 0 Å². The molecule has 1 aromatic heterocycles. The Bertz CT molecular complexity index is 452. The highest BCUT2D eigenvalue weighted by atomic mass is 35.5. The molecule has 0 aliphatic heterocycles. The second-order valence-corrected chi connectivity index (χ2v) is 3.05. The van der Waals surface area contributed by atoms with Crippen LogP contribution in [0.1, 0.15) is 11.5 Å². The molecule has 0 fully saturated rings. The third-order valence-electron chi connectivity index (χ3n) is 1.81. The van der Waals surface area contributed by atoms with Gasteiger partial charge in [0.2, 0.25) is 0 Å². The van der Waals surface area contributed by atoms with Gasteiger partial charge in [0, 0.05) is 18.6 Å². The Hall–Kier alpha value is -1.09. The molecule has 0 unspecified atom stereocenters. The summed E-state index contributed by atoms with van der Waals surface area (Å²) in [6, 6.07) is 2.92. The van der Waals surface area contributed by atoms with Gasteiger partial charge in [0.1, 0.15) is 11.3 Å². The van der Waals surface area contributed by atoms with Crippen molar-refractivity contribution in [2.24, 2.45) is 0 Å². The molecule has 0 saturated heterocycles. The van der Waals surface area contributed by atoms with Crippen LogP contribution in [0.5, 0.6) is 0 Å². The van der Waals surface area contributed by atoms with Crippen LogP contribution in [0, 0.1) is 12.7 Å². The van der Waals surface area contributed by atoms with Crippen LogP contribution in [0.25, 0.3) is 11.1 Å². The maximum Gasteiger partial charge on any atom is 0.192 e. The number of oxazole rings is 1. The Kier molecular flexibility index (Phi) is 1.96. The molecule has 0 aliphatic rings. The Morgan fingerprint density at radius 1 is 1.54 bits per heavy atom. The lowest BCUT2D eigenvalue weighted by atomic mass is 10.2. The topological polar surface area (TPSA) is 26.0 Å². The highest BCUT2D eigenvalue weighted by Gasteiger charge is 2.07. The average molecular weight is 200 g/mol. The fourth-order valence-electron chi connectivity index (χ4n) is 1.21. The molecule has 68 valence electrons. The number of hydrogen-bond donors (Lipinski definition) is 0. The molecular weight excluding hydrogens is 193 g/mol. The van der Waals surface area contributed by atoms with Gasteiger partial charge in [-0.3, -0.25) is 0 Å². The van der Waals surface area contributed by atoms with Gasteiger partial charge >= 0.3 is 0 Å². The summed E-state index contributed by atoms with van der Waals surface area (Å²) in [5.74, 6) is 0.327. The van der Waals surface area contributed by atoms with E-state index in [2.05, 4.69) is 4.98 Å². The summed E-state index contributed by atoms with van der Waals surface area (Å²) in [6.07, 6.45) is 0. The van der Waals surface area contributed by atoms with E-state index in [4.69, 9.17) is 16.0 Å². The van der Waals surface area contributed by atoms with Gasteiger partial charge in [-0.05, 0) is 6.07 Å². The van der Waals surface area contributed by atoms with Crippen molar-refractivity contribution in [2.45, 2.75) is 12.8 Å². The molecule has 13 heavy (non-hydrogen) atoms. The van der Waals surface area contributed by atoms with E-state index in [1.165, 1.54) is 6.07 Å². The predicted molar refractivity (Wildman–Crippen MR) is 48.3 cm³/mol. The molecule has 0 amide bonds. The Balaban J connectivity index is 2.72. The second kappa shape index (κ2) is 3.00. The van der Waals surface area contributed by atoms with Crippen LogP contribution in [-0.4, -0.2) is 4.98 Å². The van der Waals surface area contributed by atoms with E-state index in [9.17, 15) is 4.39 Å². The molecule has 2 aromatic rings. The molecule has 1 heterocycles. The lowest BCUT2D eigenvalue weighted by molar-refractivity contribution is 0.555. The second-order valence-electron chi connectivity index (χ2n) is 2.78. The highest BCUT2D eigenvalue weighted by Crippen LogP contribution is 2.20. The Morgan fingerprint density at radius 3 is 3.00 bits per heavy atom. The van der Waals surface area contributed by atoms with Gasteiger partial charge in [-0.15, -0.1) is 11.6 Å². The van der Waals surface area contributed by atoms with Crippen molar-refractivity contribution in [2.75, 3.05) is 0 Å². The van der Waals surface area contributed by atoms with E-state index in [0.29, 0.717) is 22.6 Å². The standard InChI is InChI=1S/C9H7ClFNO/c1-5-12-8-2-6(4-10)7(11)3-9(8)13-5/h2-3H,4H2,1H3. The molecule has 1 aromatic carbocycles. The number of benzene rings is 1. The molecule has 0 aliphatic carbocycles. The lowest BCUT2D eigenvalue weighted by Crippen LogP contribution is -1.85. The number of fused-ring (bicyclic) bond motifs is 1. The van der Waals surface area contributed by atoms with Gasteiger partial charge in [0.05, 0.1) is 5.88 Å². The van der Waals surface area contributed by atoms with Crippen LogP contribution in [0.15, 0.2) is 16.5 Å². The number of aromatic nitrogens is 1. The first kappa shape index (κ1) is 8.51. The van der Waals surface area contributed by atoms with E-state index in [-0.39, 0.29) is 11.7 Å². The minimum absolute atomic E-state index is 0.147. The number of rotatable bonds is 1. The monoisotopic (exact) mass is 199 g/mol. The molecule has 0 saturated carbocycles. The molecule has 4 heteroatoms. The molecule has 0 spiro atoms. The Labute approximate surface area is 79.3 Å². The zero-order chi connectivity index (χ0) is 9.42. The minimum atomic E-state index is -0.348.